The summed E-state index contributed by atoms with van der Waals surface area (Å²) in [5.41, 5.74) is 0. The van der Waals surface area contributed by atoms with Crippen LogP contribution in [0, 0.1) is 0 Å². The van der Waals surface area contributed by atoms with Gasteiger partial charge in [0, 0.05) is 19.8 Å². The van der Waals surface area contributed by atoms with Gasteiger partial charge in [0.2, 0.25) is 0 Å². The van der Waals surface area contributed by atoms with Crippen molar-refractivity contribution in [3.05, 3.63) is 0 Å². The molecule has 0 saturated carbocycles. The molecule has 0 aliphatic heterocycles. The van der Waals surface area contributed by atoms with Crippen molar-refractivity contribution in [1.82, 2.24) is 5.32 Å². The molecule has 0 aliphatic carbocycles. The van der Waals surface area contributed by atoms with Crippen molar-refractivity contribution in [2.75, 3.05) is 32.3 Å². The maximum atomic E-state index is 4.96. The summed E-state index contributed by atoms with van der Waals surface area (Å²) >= 11 is 2.02. The van der Waals surface area contributed by atoms with Crippen molar-refractivity contribution in [3.63, 3.8) is 0 Å². The lowest BCUT2D eigenvalue weighted by atomic mass is 10.3. The van der Waals surface area contributed by atoms with Gasteiger partial charge < -0.3 is 10.1 Å². The normalized spacial score (nSPS) is 13.2. The van der Waals surface area contributed by atoms with Gasteiger partial charge in [-0.15, -0.1) is 0 Å². The molecule has 2 nitrogen and oxygen atoms in total. The fraction of sp³-hybridized carbons (Fsp3) is 1.00. The summed E-state index contributed by atoms with van der Waals surface area (Å²) in [7, 11) is 3.77. The molecule has 1 N–H and O–H groups in total. The van der Waals surface area contributed by atoms with Gasteiger partial charge in [0.15, 0.2) is 0 Å². The molecular weight excluding hydrogens is 170 g/mol. The SMILES string of the molecule is CNC(C)CCSCCCOC. The number of hydrogen-bond acceptors (Lipinski definition) is 3. The Morgan fingerprint density at radius 3 is 2.75 bits per heavy atom. The molecule has 0 spiro atoms. The van der Waals surface area contributed by atoms with Crippen LogP contribution in [0.25, 0.3) is 0 Å². The summed E-state index contributed by atoms with van der Waals surface area (Å²) in [6.07, 6.45) is 2.43. The van der Waals surface area contributed by atoms with Crippen LogP contribution in [0.5, 0.6) is 0 Å². The van der Waals surface area contributed by atoms with Crippen LogP contribution in [0.1, 0.15) is 19.8 Å². The van der Waals surface area contributed by atoms with Gasteiger partial charge in [-0.3, -0.25) is 0 Å². The third kappa shape index (κ3) is 8.37. The molecule has 74 valence electrons. The molecule has 1 atom stereocenters. The number of thioether (sulfide) groups is 1. The Balaban J connectivity index is 2.90. The second kappa shape index (κ2) is 9.36. The molecule has 0 aromatic carbocycles. The van der Waals surface area contributed by atoms with Crippen LogP contribution in [0.15, 0.2) is 0 Å². The first-order chi connectivity index (χ1) is 5.81. The van der Waals surface area contributed by atoms with Crippen molar-refractivity contribution in [2.45, 2.75) is 25.8 Å². The van der Waals surface area contributed by atoms with Crippen molar-refractivity contribution >= 4 is 11.8 Å². The first-order valence-electron chi connectivity index (χ1n) is 4.55. The van der Waals surface area contributed by atoms with Gasteiger partial charge in [0.05, 0.1) is 0 Å². The molecule has 0 aliphatic rings. The number of methoxy groups -OCH3 is 1. The quantitative estimate of drug-likeness (QED) is 0.591. The Bertz CT molecular complexity index is 90.6. The van der Waals surface area contributed by atoms with E-state index >= 15 is 0 Å². The highest BCUT2D eigenvalue weighted by molar-refractivity contribution is 7.99. The smallest absolute Gasteiger partial charge is 0.0470 e. The Hall–Kier alpha value is 0.270. The zero-order chi connectivity index (χ0) is 9.23. The van der Waals surface area contributed by atoms with E-state index in [1.54, 1.807) is 7.11 Å². The maximum absolute atomic E-state index is 4.96. The van der Waals surface area contributed by atoms with E-state index in [-0.39, 0.29) is 0 Å². The van der Waals surface area contributed by atoms with E-state index in [1.807, 2.05) is 18.8 Å². The molecule has 0 fully saturated rings. The topological polar surface area (TPSA) is 21.3 Å². The Labute approximate surface area is 80.4 Å². The second-order valence-electron chi connectivity index (χ2n) is 2.94. The monoisotopic (exact) mass is 191 g/mol. The summed E-state index contributed by atoms with van der Waals surface area (Å²) in [4.78, 5) is 0. The fourth-order valence-electron chi connectivity index (χ4n) is 0.812. The zero-order valence-electron chi connectivity index (χ0n) is 8.43. The highest BCUT2D eigenvalue weighted by Gasteiger charge is 1.96. The Morgan fingerprint density at radius 1 is 1.42 bits per heavy atom. The average molecular weight is 191 g/mol. The van der Waals surface area contributed by atoms with Gasteiger partial charge >= 0.3 is 0 Å². The second-order valence-corrected chi connectivity index (χ2v) is 4.16. The zero-order valence-corrected chi connectivity index (χ0v) is 9.25. The summed E-state index contributed by atoms with van der Waals surface area (Å²) in [5.74, 6) is 2.48. The predicted octanol–water partition coefficient (Wildman–Crippen LogP) is 1.75. The van der Waals surface area contributed by atoms with Crippen LogP contribution in [0.4, 0.5) is 0 Å². The first-order valence-corrected chi connectivity index (χ1v) is 5.70. The first kappa shape index (κ1) is 12.3. The number of nitrogens with one attached hydrogen (secondary N) is 1. The van der Waals surface area contributed by atoms with Gasteiger partial charge in [-0.05, 0) is 38.3 Å². The summed E-state index contributed by atoms with van der Waals surface area (Å²) in [6.45, 7) is 3.12. The molecular formula is C9H21NOS. The average Bonchev–Trinajstić information content (AvgIpc) is 2.10. The van der Waals surface area contributed by atoms with Crippen LogP contribution in [-0.2, 0) is 4.74 Å². The number of rotatable bonds is 8. The van der Waals surface area contributed by atoms with E-state index in [4.69, 9.17) is 4.74 Å². The van der Waals surface area contributed by atoms with E-state index in [9.17, 15) is 0 Å². The summed E-state index contributed by atoms with van der Waals surface area (Å²) < 4.78 is 4.96. The van der Waals surface area contributed by atoms with Crippen molar-refractivity contribution < 1.29 is 4.74 Å². The third-order valence-corrected chi connectivity index (χ3v) is 2.93. The number of ether oxygens (including phenoxy) is 1. The van der Waals surface area contributed by atoms with Crippen LogP contribution in [-0.4, -0.2) is 38.3 Å². The molecule has 0 radical (unpaired) electrons. The van der Waals surface area contributed by atoms with Crippen LogP contribution < -0.4 is 5.32 Å². The van der Waals surface area contributed by atoms with Crippen molar-refractivity contribution in [2.24, 2.45) is 0 Å². The molecule has 0 aromatic heterocycles. The highest BCUT2D eigenvalue weighted by Crippen LogP contribution is 2.06. The van der Waals surface area contributed by atoms with E-state index in [2.05, 4.69) is 12.2 Å². The van der Waals surface area contributed by atoms with Gasteiger partial charge in [0.25, 0.3) is 0 Å². The summed E-state index contributed by atoms with van der Waals surface area (Å²) in [6, 6.07) is 0.653. The van der Waals surface area contributed by atoms with E-state index in [0.29, 0.717) is 6.04 Å². The minimum Gasteiger partial charge on any atom is -0.385 e. The molecule has 3 heteroatoms. The molecule has 0 rings (SSSR count). The molecule has 0 heterocycles. The van der Waals surface area contributed by atoms with Crippen molar-refractivity contribution in [1.29, 1.82) is 0 Å². The maximum Gasteiger partial charge on any atom is 0.0470 e. The van der Waals surface area contributed by atoms with Crippen LogP contribution in [0.3, 0.4) is 0 Å². The van der Waals surface area contributed by atoms with E-state index in [0.717, 1.165) is 6.61 Å². The molecule has 0 aromatic rings. The Morgan fingerprint density at radius 2 is 2.17 bits per heavy atom. The van der Waals surface area contributed by atoms with Gasteiger partial charge in [-0.2, -0.15) is 11.8 Å². The summed E-state index contributed by atoms with van der Waals surface area (Å²) in [5, 5.41) is 3.23. The lowest BCUT2D eigenvalue weighted by Crippen LogP contribution is -2.21. The highest BCUT2D eigenvalue weighted by atomic mass is 32.2. The minimum absolute atomic E-state index is 0.653. The van der Waals surface area contributed by atoms with Gasteiger partial charge in [0.1, 0.15) is 0 Å². The van der Waals surface area contributed by atoms with Crippen LogP contribution in [0.2, 0.25) is 0 Å². The molecule has 12 heavy (non-hydrogen) atoms. The molecule has 0 bridgehead atoms. The van der Waals surface area contributed by atoms with Crippen molar-refractivity contribution in [3.8, 4) is 0 Å². The van der Waals surface area contributed by atoms with E-state index < -0.39 is 0 Å². The van der Waals surface area contributed by atoms with Crippen LogP contribution >= 0.6 is 11.8 Å². The lowest BCUT2D eigenvalue weighted by molar-refractivity contribution is 0.200. The third-order valence-electron chi connectivity index (χ3n) is 1.83. The molecule has 0 saturated heterocycles. The van der Waals surface area contributed by atoms with E-state index in [1.165, 1.54) is 24.3 Å². The molecule has 1 unspecified atom stereocenters. The number of hydrogen-bond donors (Lipinski definition) is 1. The van der Waals surface area contributed by atoms with Gasteiger partial charge in [-0.1, -0.05) is 0 Å². The fourth-order valence-corrected chi connectivity index (χ4v) is 1.86. The molecule has 0 amide bonds. The van der Waals surface area contributed by atoms with Gasteiger partial charge in [-0.25, -0.2) is 0 Å². The predicted molar refractivity (Wildman–Crippen MR) is 57.0 cm³/mol. The largest absolute Gasteiger partial charge is 0.385 e. The lowest BCUT2D eigenvalue weighted by Gasteiger charge is -2.08. The Kier molecular flexibility index (Phi) is 9.57. The standard InChI is InChI=1S/C9H21NOS/c1-9(10-2)5-8-12-7-4-6-11-3/h9-10H,4-8H2,1-3H3. The minimum atomic E-state index is 0.653.